The van der Waals surface area contributed by atoms with Crippen LogP contribution in [0.2, 0.25) is 0 Å². The van der Waals surface area contributed by atoms with Crippen molar-refractivity contribution in [2.75, 3.05) is 13.1 Å². The molecular weight excluding hydrogens is 327 g/mol. The number of carbonyl (C=O) groups excluding carboxylic acids is 2. The van der Waals surface area contributed by atoms with E-state index in [2.05, 4.69) is 21.3 Å². The number of piperidine rings is 2. The molecule has 0 bridgehead atoms. The number of hydrogen-bond donors (Lipinski definition) is 4. The first-order chi connectivity index (χ1) is 10.5. The number of amides is 2. The number of nitrogens with two attached hydrogens (primary N) is 2. The second-order valence-electron chi connectivity index (χ2n) is 6.59. The molecule has 2 amide bonds. The normalized spacial score (nSPS) is 43.4. The Morgan fingerprint density at radius 1 is 0.773 bits per heavy atom. The molecule has 3 rings (SSSR count). The van der Waals surface area contributed by atoms with E-state index in [1.807, 2.05) is 0 Å². The molecule has 0 radical (unpaired) electrons. The van der Waals surface area contributed by atoms with Gasteiger partial charge in [-0.2, -0.15) is 0 Å². The third-order valence-corrected chi connectivity index (χ3v) is 5.83. The molecule has 8 heteroatoms. The SMILES string of the molecule is O=C1NC(C2CCC(Cl)C[NH2+]2)C(=O)NC1C1CCC(Cl)C[NH2+]1. The average Bonchev–Trinajstić information content (AvgIpc) is 2.51. The zero-order chi connectivity index (χ0) is 15.7. The van der Waals surface area contributed by atoms with Gasteiger partial charge in [0.25, 0.3) is 0 Å². The predicted octanol–water partition coefficient (Wildman–Crippen LogP) is -2.36. The van der Waals surface area contributed by atoms with Gasteiger partial charge in [0.2, 0.25) is 11.8 Å². The molecule has 124 valence electrons. The number of halogens is 2. The standard InChI is InChI=1S/C14H22Cl2N4O2/c15-7-1-3-9(17-5-7)11-13(21)20-12(14(22)19-11)10-4-2-8(16)6-18-10/h7-12,17-18H,1-6H2,(H,19,22)(H,20,21)/p+2. The molecule has 0 spiro atoms. The Labute approximate surface area is 140 Å². The van der Waals surface area contributed by atoms with E-state index in [0.29, 0.717) is 0 Å². The van der Waals surface area contributed by atoms with E-state index < -0.39 is 12.1 Å². The Balaban J connectivity index is 1.59. The van der Waals surface area contributed by atoms with E-state index in [1.165, 1.54) is 0 Å². The summed E-state index contributed by atoms with van der Waals surface area (Å²) in [6.07, 6.45) is 3.47. The molecule has 3 fully saturated rings. The highest BCUT2D eigenvalue weighted by molar-refractivity contribution is 6.21. The summed E-state index contributed by atoms with van der Waals surface area (Å²) in [7, 11) is 0. The van der Waals surface area contributed by atoms with Gasteiger partial charge in [0, 0.05) is 12.8 Å². The van der Waals surface area contributed by atoms with Gasteiger partial charge in [-0.25, -0.2) is 0 Å². The van der Waals surface area contributed by atoms with Crippen LogP contribution in [0, 0.1) is 0 Å². The van der Waals surface area contributed by atoms with E-state index in [0.717, 1.165) is 38.8 Å². The topological polar surface area (TPSA) is 91.4 Å². The first-order valence-corrected chi connectivity index (χ1v) is 8.97. The van der Waals surface area contributed by atoms with Crippen molar-refractivity contribution in [2.45, 2.75) is 60.6 Å². The van der Waals surface area contributed by atoms with Crippen LogP contribution in [0.1, 0.15) is 25.7 Å². The van der Waals surface area contributed by atoms with Crippen LogP contribution in [0.3, 0.4) is 0 Å². The van der Waals surface area contributed by atoms with E-state index in [-0.39, 0.29) is 34.7 Å². The van der Waals surface area contributed by atoms with Crippen molar-refractivity contribution in [2.24, 2.45) is 0 Å². The summed E-state index contributed by atoms with van der Waals surface area (Å²) < 4.78 is 0. The molecule has 3 saturated heterocycles. The summed E-state index contributed by atoms with van der Waals surface area (Å²) in [5, 5.41) is 10.3. The van der Waals surface area contributed by atoms with Gasteiger partial charge in [-0.15, -0.1) is 23.2 Å². The molecule has 3 aliphatic heterocycles. The second-order valence-corrected chi connectivity index (χ2v) is 7.83. The molecule has 0 aromatic rings. The second kappa shape index (κ2) is 6.91. The largest absolute Gasteiger partial charge is 0.340 e. The molecule has 6 nitrogen and oxygen atoms in total. The molecule has 6 atom stereocenters. The van der Waals surface area contributed by atoms with Crippen molar-refractivity contribution in [3.63, 3.8) is 0 Å². The highest BCUT2D eigenvalue weighted by Gasteiger charge is 2.45. The summed E-state index contributed by atoms with van der Waals surface area (Å²) >= 11 is 12.2. The van der Waals surface area contributed by atoms with Crippen molar-refractivity contribution < 1.29 is 20.2 Å². The van der Waals surface area contributed by atoms with Gasteiger partial charge in [0.1, 0.15) is 12.1 Å². The lowest BCUT2D eigenvalue weighted by molar-refractivity contribution is -0.699. The fourth-order valence-corrected chi connectivity index (χ4v) is 4.15. The average molecular weight is 351 g/mol. The number of alkyl halides is 2. The van der Waals surface area contributed by atoms with E-state index >= 15 is 0 Å². The van der Waals surface area contributed by atoms with Gasteiger partial charge in [0.05, 0.1) is 23.8 Å². The molecule has 0 aromatic heterocycles. The molecule has 3 aliphatic rings. The van der Waals surface area contributed by atoms with Crippen LogP contribution in [0.25, 0.3) is 0 Å². The predicted molar refractivity (Wildman–Crippen MR) is 82.8 cm³/mol. The number of piperazine rings is 1. The third kappa shape index (κ3) is 3.50. The van der Waals surface area contributed by atoms with Gasteiger partial charge >= 0.3 is 0 Å². The Hall–Kier alpha value is -0.560. The van der Waals surface area contributed by atoms with Crippen LogP contribution in [0.5, 0.6) is 0 Å². The van der Waals surface area contributed by atoms with E-state index in [4.69, 9.17) is 23.2 Å². The van der Waals surface area contributed by atoms with Gasteiger partial charge in [0.15, 0.2) is 12.1 Å². The zero-order valence-corrected chi connectivity index (χ0v) is 13.9. The summed E-state index contributed by atoms with van der Waals surface area (Å²) in [4.78, 5) is 24.8. The maximum atomic E-state index is 12.4. The van der Waals surface area contributed by atoms with E-state index in [9.17, 15) is 9.59 Å². The van der Waals surface area contributed by atoms with Crippen molar-refractivity contribution in [3.05, 3.63) is 0 Å². The highest BCUT2D eigenvalue weighted by atomic mass is 35.5. The molecule has 0 saturated carbocycles. The van der Waals surface area contributed by atoms with Gasteiger partial charge in [-0.05, 0) is 12.8 Å². The van der Waals surface area contributed by atoms with Crippen LogP contribution in [0.15, 0.2) is 0 Å². The van der Waals surface area contributed by atoms with Gasteiger partial charge in [-0.1, -0.05) is 0 Å². The van der Waals surface area contributed by atoms with Crippen molar-refractivity contribution >= 4 is 35.0 Å². The molecule has 6 N–H and O–H groups in total. The van der Waals surface area contributed by atoms with Crippen molar-refractivity contribution in [3.8, 4) is 0 Å². The van der Waals surface area contributed by atoms with E-state index in [1.54, 1.807) is 0 Å². The fraction of sp³-hybridized carbons (Fsp3) is 0.857. The lowest BCUT2D eigenvalue weighted by Gasteiger charge is -2.37. The van der Waals surface area contributed by atoms with Gasteiger partial charge < -0.3 is 21.3 Å². The molecule has 3 heterocycles. The number of rotatable bonds is 2. The minimum Gasteiger partial charge on any atom is -0.340 e. The van der Waals surface area contributed by atoms with Crippen LogP contribution in [-0.4, -0.2) is 59.8 Å². The molecule has 6 unspecified atom stereocenters. The Kier molecular flexibility index (Phi) is 5.12. The van der Waals surface area contributed by atoms with Crippen LogP contribution in [-0.2, 0) is 9.59 Å². The zero-order valence-electron chi connectivity index (χ0n) is 12.4. The minimum absolute atomic E-state index is 0.0692. The Morgan fingerprint density at radius 2 is 1.18 bits per heavy atom. The Morgan fingerprint density at radius 3 is 1.50 bits per heavy atom. The maximum Gasteiger partial charge on any atom is 0.249 e. The summed E-state index contributed by atoms with van der Waals surface area (Å²) in [6, 6.07) is -0.723. The number of hydrogen-bond acceptors (Lipinski definition) is 2. The highest BCUT2D eigenvalue weighted by Crippen LogP contribution is 2.15. The van der Waals surface area contributed by atoms with Crippen molar-refractivity contribution in [1.82, 2.24) is 10.6 Å². The summed E-state index contributed by atoms with van der Waals surface area (Å²) in [5.41, 5.74) is 0. The quantitative estimate of drug-likeness (QED) is 0.419. The first kappa shape index (κ1) is 16.3. The summed E-state index contributed by atoms with van der Waals surface area (Å²) in [6.45, 7) is 1.59. The number of carbonyl (C=O) groups is 2. The van der Waals surface area contributed by atoms with Crippen molar-refractivity contribution in [1.29, 1.82) is 0 Å². The number of nitrogens with one attached hydrogen (secondary N) is 2. The van der Waals surface area contributed by atoms with Crippen LogP contribution >= 0.6 is 23.2 Å². The Bertz CT molecular complexity index is 395. The molecule has 0 aliphatic carbocycles. The maximum absolute atomic E-state index is 12.4. The summed E-state index contributed by atoms with van der Waals surface area (Å²) in [5.74, 6) is -0.138. The van der Waals surface area contributed by atoms with Crippen LogP contribution < -0.4 is 21.3 Å². The third-order valence-electron chi connectivity index (χ3n) is 5.03. The lowest BCUT2D eigenvalue weighted by atomic mass is 9.91. The molecule has 22 heavy (non-hydrogen) atoms. The first-order valence-electron chi connectivity index (χ1n) is 8.10. The molecule has 0 aromatic carbocycles. The lowest BCUT2D eigenvalue weighted by Crippen LogP contribution is -2.99. The smallest absolute Gasteiger partial charge is 0.249 e. The minimum atomic E-state index is -0.447. The van der Waals surface area contributed by atoms with Crippen LogP contribution in [0.4, 0.5) is 0 Å². The molecular formula is C14H24Cl2N4O2+2. The monoisotopic (exact) mass is 350 g/mol. The van der Waals surface area contributed by atoms with Gasteiger partial charge in [-0.3, -0.25) is 9.59 Å². The number of quaternary nitrogens is 2. The fourth-order valence-electron chi connectivity index (χ4n) is 3.69.